The summed E-state index contributed by atoms with van der Waals surface area (Å²) in [6.07, 6.45) is 11.7. The molecule has 0 unspecified atom stereocenters. The molecular formula is C11H11CrN. The zero-order valence-corrected chi connectivity index (χ0v) is 8.59. The van der Waals surface area contributed by atoms with Gasteiger partial charge in [-0.2, -0.15) is 12.1 Å². The van der Waals surface area contributed by atoms with Gasteiger partial charge in [0.1, 0.15) is 0 Å². The van der Waals surface area contributed by atoms with E-state index in [0.717, 1.165) is 12.1 Å². The van der Waals surface area contributed by atoms with E-state index in [4.69, 9.17) is 0 Å². The molecule has 1 nitrogen and oxygen atoms in total. The van der Waals surface area contributed by atoms with E-state index >= 15 is 0 Å². The van der Waals surface area contributed by atoms with Crippen LogP contribution in [0.5, 0.6) is 0 Å². The van der Waals surface area contributed by atoms with Crippen molar-refractivity contribution in [3.05, 3.63) is 61.3 Å². The summed E-state index contributed by atoms with van der Waals surface area (Å²) in [6.45, 7) is 3.61. The first-order valence-corrected chi connectivity index (χ1v) is 3.84. The largest absolute Gasteiger partial charge is 2.00 e. The molecule has 1 aliphatic carbocycles. The van der Waals surface area contributed by atoms with Gasteiger partial charge in [-0.3, -0.25) is 11.1 Å². The Morgan fingerprint density at radius 2 is 2.23 bits per heavy atom. The monoisotopic (exact) mass is 209 g/mol. The van der Waals surface area contributed by atoms with Gasteiger partial charge in [-0.15, -0.1) is 18.2 Å². The summed E-state index contributed by atoms with van der Waals surface area (Å²) >= 11 is 0. The van der Waals surface area contributed by atoms with Crippen LogP contribution in [0.15, 0.2) is 42.6 Å². The average Bonchev–Trinajstić information content (AvgIpc) is 2.62. The minimum atomic E-state index is 0. The van der Waals surface area contributed by atoms with Crippen LogP contribution in [0.1, 0.15) is 12.1 Å². The minimum Gasteiger partial charge on any atom is -0.296 e. The Kier molecular flexibility index (Phi) is 7.10. The van der Waals surface area contributed by atoms with Crippen molar-refractivity contribution in [2.75, 3.05) is 0 Å². The van der Waals surface area contributed by atoms with E-state index in [2.05, 4.69) is 24.1 Å². The second-order valence-corrected chi connectivity index (χ2v) is 2.32. The summed E-state index contributed by atoms with van der Waals surface area (Å²) in [4.78, 5) is 3.87. The Morgan fingerprint density at radius 3 is 2.46 bits per heavy atom. The molecule has 0 radical (unpaired) electrons. The topological polar surface area (TPSA) is 12.9 Å². The first kappa shape index (κ1) is 12.0. The SMILES string of the molecule is [C-]1=CC=CC1.[CH2-]c1ccccn1.[Cr+2]. The van der Waals surface area contributed by atoms with Crippen molar-refractivity contribution in [3.63, 3.8) is 0 Å². The molecule has 0 saturated heterocycles. The van der Waals surface area contributed by atoms with Gasteiger partial charge in [0, 0.05) is 6.20 Å². The van der Waals surface area contributed by atoms with Crippen LogP contribution in [0.3, 0.4) is 0 Å². The van der Waals surface area contributed by atoms with Crippen LogP contribution >= 0.6 is 0 Å². The molecule has 0 spiro atoms. The molecule has 0 aromatic carbocycles. The van der Waals surface area contributed by atoms with Crippen molar-refractivity contribution in [3.8, 4) is 0 Å². The number of pyridine rings is 1. The molecular weight excluding hydrogens is 198 g/mol. The zero-order chi connectivity index (χ0) is 8.65. The maximum atomic E-state index is 3.87. The summed E-state index contributed by atoms with van der Waals surface area (Å²) in [5.41, 5.74) is 0.822. The van der Waals surface area contributed by atoms with Crippen LogP contribution in [-0.2, 0) is 17.4 Å². The van der Waals surface area contributed by atoms with Crippen molar-refractivity contribution in [1.82, 2.24) is 4.98 Å². The Hall–Kier alpha value is -0.968. The van der Waals surface area contributed by atoms with Gasteiger partial charge in [0.15, 0.2) is 0 Å². The molecule has 2 rings (SSSR count). The number of allylic oxidation sites excluding steroid dienone is 4. The molecule has 13 heavy (non-hydrogen) atoms. The molecule has 2 heteroatoms. The summed E-state index contributed by atoms with van der Waals surface area (Å²) in [6, 6.07) is 5.64. The van der Waals surface area contributed by atoms with Crippen molar-refractivity contribution in [1.29, 1.82) is 0 Å². The third-order valence-corrected chi connectivity index (χ3v) is 1.31. The average molecular weight is 209 g/mol. The van der Waals surface area contributed by atoms with E-state index in [1.807, 2.05) is 30.4 Å². The molecule has 1 heterocycles. The Balaban J connectivity index is 0.000000215. The number of nitrogens with zero attached hydrogens (tertiary/aromatic N) is 1. The maximum absolute atomic E-state index is 3.87. The first-order chi connectivity index (χ1) is 5.89. The van der Waals surface area contributed by atoms with Gasteiger partial charge in [-0.1, -0.05) is 6.07 Å². The van der Waals surface area contributed by atoms with Gasteiger partial charge in [-0.25, -0.2) is 19.1 Å². The predicted molar refractivity (Wildman–Crippen MR) is 50.3 cm³/mol. The molecule has 0 N–H and O–H groups in total. The van der Waals surface area contributed by atoms with Crippen LogP contribution in [0.4, 0.5) is 0 Å². The zero-order valence-electron chi connectivity index (χ0n) is 7.31. The van der Waals surface area contributed by atoms with E-state index in [0.29, 0.717) is 0 Å². The molecule has 0 fully saturated rings. The quantitative estimate of drug-likeness (QED) is 0.598. The van der Waals surface area contributed by atoms with Gasteiger partial charge in [0.2, 0.25) is 0 Å². The van der Waals surface area contributed by atoms with E-state index < -0.39 is 0 Å². The van der Waals surface area contributed by atoms with E-state index in [-0.39, 0.29) is 17.4 Å². The summed E-state index contributed by atoms with van der Waals surface area (Å²) < 4.78 is 0. The van der Waals surface area contributed by atoms with Gasteiger partial charge in [0.25, 0.3) is 0 Å². The number of aromatic nitrogens is 1. The van der Waals surface area contributed by atoms with Gasteiger partial charge in [-0.05, 0) is 0 Å². The summed E-state index contributed by atoms with van der Waals surface area (Å²) in [5, 5.41) is 0. The fourth-order valence-electron chi connectivity index (χ4n) is 0.738. The number of hydrogen-bond donors (Lipinski definition) is 0. The predicted octanol–water partition coefficient (Wildman–Crippen LogP) is 2.57. The van der Waals surface area contributed by atoms with Gasteiger partial charge < -0.3 is 0 Å². The van der Waals surface area contributed by atoms with Crippen LogP contribution in [0, 0.1) is 13.0 Å². The summed E-state index contributed by atoms with van der Waals surface area (Å²) in [7, 11) is 0. The van der Waals surface area contributed by atoms with Crippen molar-refractivity contribution >= 4 is 0 Å². The second kappa shape index (κ2) is 7.67. The van der Waals surface area contributed by atoms with Crippen molar-refractivity contribution in [2.45, 2.75) is 6.42 Å². The fourth-order valence-corrected chi connectivity index (χ4v) is 0.738. The smallest absolute Gasteiger partial charge is 0.296 e. The third kappa shape index (κ3) is 6.22. The molecule has 1 aliphatic rings. The molecule has 0 amide bonds. The Labute approximate surface area is 90.3 Å². The summed E-state index contributed by atoms with van der Waals surface area (Å²) in [5.74, 6) is 0. The normalized spacial score (nSPS) is 11.4. The molecule has 1 aromatic heterocycles. The van der Waals surface area contributed by atoms with Gasteiger partial charge >= 0.3 is 17.4 Å². The fraction of sp³-hybridized carbons (Fsp3) is 0.0909. The Morgan fingerprint density at radius 1 is 1.38 bits per heavy atom. The van der Waals surface area contributed by atoms with E-state index in [9.17, 15) is 0 Å². The molecule has 0 bridgehead atoms. The molecule has 66 valence electrons. The van der Waals surface area contributed by atoms with Crippen LogP contribution in [0.25, 0.3) is 0 Å². The van der Waals surface area contributed by atoms with Gasteiger partial charge in [0.05, 0.1) is 0 Å². The molecule has 1 aromatic rings. The molecule has 0 aliphatic heterocycles. The number of hydrogen-bond acceptors (Lipinski definition) is 1. The maximum Gasteiger partial charge on any atom is 2.00 e. The van der Waals surface area contributed by atoms with Crippen molar-refractivity contribution < 1.29 is 17.4 Å². The third-order valence-electron chi connectivity index (χ3n) is 1.31. The molecule has 0 saturated carbocycles. The van der Waals surface area contributed by atoms with E-state index in [1.165, 1.54) is 0 Å². The van der Waals surface area contributed by atoms with Crippen LogP contribution in [-0.4, -0.2) is 4.98 Å². The van der Waals surface area contributed by atoms with E-state index in [1.54, 1.807) is 6.20 Å². The van der Waals surface area contributed by atoms with Crippen LogP contribution in [0.2, 0.25) is 0 Å². The Bertz CT molecular complexity index is 255. The standard InChI is InChI=1S/C6H6N.C5H5.Cr/c1-6-4-2-3-5-7-6;1-2-4-5-3-1;/h2-5H,1H2;1-3H,4H2;/q2*-1;+2. The minimum absolute atomic E-state index is 0. The molecule has 0 atom stereocenters. The second-order valence-electron chi connectivity index (χ2n) is 2.32. The van der Waals surface area contributed by atoms with Crippen molar-refractivity contribution in [2.24, 2.45) is 0 Å². The van der Waals surface area contributed by atoms with Crippen LogP contribution < -0.4 is 0 Å². The number of rotatable bonds is 0. The first-order valence-electron chi connectivity index (χ1n) is 3.84.